The second-order valence-corrected chi connectivity index (χ2v) is 10.9. The van der Waals surface area contributed by atoms with E-state index in [1.54, 1.807) is 0 Å². The molecule has 0 radical (unpaired) electrons. The van der Waals surface area contributed by atoms with Crippen molar-refractivity contribution in [3.05, 3.63) is 20.3 Å². The Hall–Kier alpha value is 0.1000. The van der Waals surface area contributed by atoms with E-state index in [9.17, 15) is 16.8 Å². The second-order valence-electron chi connectivity index (χ2n) is 4.84. The Labute approximate surface area is 138 Å². The third kappa shape index (κ3) is 4.78. The summed E-state index contributed by atoms with van der Waals surface area (Å²) in [6, 6.07) is 1.14. The fourth-order valence-electron chi connectivity index (χ4n) is 2.14. The summed E-state index contributed by atoms with van der Waals surface area (Å²) in [5, 5.41) is 0. The van der Waals surface area contributed by atoms with E-state index >= 15 is 0 Å². The first kappa shape index (κ1) is 17.5. The minimum absolute atomic E-state index is 0.130. The first-order valence-electron chi connectivity index (χ1n) is 5.96. The van der Waals surface area contributed by atoms with E-state index in [0.29, 0.717) is 20.7 Å². The van der Waals surface area contributed by atoms with Gasteiger partial charge >= 0.3 is 0 Å². The lowest BCUT2D eigenvalue weighted by molar-refractivity contribution is 0.466. The molecular weight excluding hydrogens is 379 g/mol. The number of nitrogens with zero attached hydrogens (tertiary/aromatic N) is 1. The quantitative estimate of drug-likeness (QED) is 0.822. The zero-order valence-corrected chi connectivity index (χ0v) is 15.0. The van der Waals surface area contributed by atoms with Gasteiger partial charge < -0.3 is 0 Å². The highest BCUT2D eigenvalue weighted by atomic mass is 35.5. The number of hydrogen-bond acceptors (Lipinski definition) is 5. The van der Waals surface area contributed by atoms with Gasteiger partial charge in [0, 0.05) is 19.1 Å². The zero-order valence-electron chi connectivity index (χ0n) is 11.0. The van der Waals surface area contributed by atoms with Crippen molar-refractivity contribution in [2.75, 3.05) is 19.3 Å². The van der Waals surface area contributed by atoms with Crippen LogP contribution in [-0.4, -0.2) is 46.5 Å². The number of thiophene rings is 1. The first-order chi connectivity index (χ1) is 9.57. The topological polar surface area (TPSA) is 83.6 Å². The lowest BCUT2D eigenvalue weighted by Crippen LogP contribution is -2.38. The van der Waals surface area contributed by atoms with E-state index in [2.05, 4.69) is 4.72 Å². The lowest BCUT2D eigenvalue weighted by atomic mass is 10.3. The molecule has 1 fully saturated rings. The normalized spacial score (nSPS) is 21.0. The van der Waals surface area contributed by atoms with Gasteiger partial charge in [-0.3, -0.25) is 0 Å². The van der Waals surface area contributed by atoms with Crippen molar-refractivity contribution < 1.29 is 16.8 Å². The molecule has 0 aliphatic carbocycles. The molecule has 1 saturated heterocycles. The van der Waals surface area contributed by atoms with Crippen molar-refractivity contribution >= 4 is 54.6 Å². The van der Waals surface area contributed by atoms with Gasteiger partial charge in [0.05, 0.1) is 20.7 Å². The smallest absolute Gasteiger partial charge is 0.213 e. The summed E-state index contributed by atoms with van der Waals surface area (Å²) in [4.78, 5) is 0. The second kappa shape index (κ2) is 6.31. The number of halogens is 2. The average Bonchev–Trinajstić information content (AvgIpc) is 2.84. The minimum Gasteiger partial charge on any atom is -0.213 e. The summed E-state index contributed by atoms with van der Waals surface area (Å²) >= 11 is 12.8. The number of rotatable bonds is 5. The Morgan fingerprint density at radius 1 is 1.38 bits per heavy atom. The summed E-state index contributed by atoms with van der Waals surface area (Å²) in [5.74, 6) is -0.235. The van der Waals surface area contributed by atoms with Crippen LogP contribution in [-0.2, 0) is 25.8 Å². The Bertz CT molecular complexity index is 729. The fraction of sp³-hybridized carbons (Fsp3) is 0.600. The van der Waals surface area contributed by atoms with Crippen LogP contribution in [0.3, 0.4) is 0 Å². The molecule has 0 bridgehead atoms. The molecule has 1 atom stereocenters. The van der Waals surface area contributed by atoms with Gasteiger partial charge in [0.25, 0.3) is 0 Å². The fourth-order valence-corrected chi connectivity index (χ4v) is 6.19. The Morgan fingerprint density at radius 2 is 2.05 bits per heavy atom. The largest absolute Gasteiger partial charge is 0.218 e. The van der Waals surface area contributed by atoms with Crippen molar-refractivity contribution in [3.8, 4) is 0 Å². The van der Waals surface area contributed by atoms with Gasteiger partial charge in [0.15, 0.2) is 0 Å². The van der Waals surface area contributed by atoms with E-state index in [4.69, 9.17) is 23.2 Å². The van der Waals surface area contributed by atoms with E-state index in [-0.39, 0.29) is 18.8 Å². The van der Waals surface area contributed by atoms with Crippen LogP contribution in [0.2, 0.25) is 8.67 Å². The van der Waals surface area contributed by atoms with Crippen molar-refractivity contribution in [1.29, 1.82) is 0 Å². The summed E-state index contributed by atoms with van der Waals surface area (Å²) in [7, 11) is -6.90. The molecule has 120 valence electrons. The standard InChI is InChI=1S/C10H14Cl2N2O4S3/c1-20(15,16)13-8-2-3-14(5-8)21(17,18)6-7-4-9(11)19-10(7)12/h4,8,13H,2-3,5-6H2,1H3/t8-/m0/s1. The van der Waals surface area contributed by atoms with E-state index in [0.717, 1.165) is 17.6 Å². The maximum absolute atomic E-state index is 12.3. The van der Waals surface area contributed by atoms with Crippen LogP contribution in [0.5, 0.6) is 0 Å². The van der Waals surface area contributed by atoms with Crippen LogP contribution in [0.1, 0.15) is 12.0 Å². The highest BCUT2D eigenvalue weighted by Crippen LogP contribution is 2.33. The average molecular weight is 393 g/mol. The van der Waals surface area contributed by atoms with Gasteiger partial charge in [-0.15, -0.1) is 11.3 Å². The molecule has 1 aliphatic heterocycles. The van der Waals surface area contributed by atoms with E-state index < -0.39 is 26.1 Å². The summed E-state index contributed by atoms with van der Waals surface area (Å²) in [6.45, 7) is 0.413. The Balaban J connectivity index is 2.06. The number of hydrogen-bond donors (Lipinski definition) is 1. The molecular formula is C10H14Cl2N2O4S3. The van der Waals surface area contributed by atoms with Crippen LogP contribution >= 0.6 is 34.5 Å². The van der Waals surface area contributed by atoms with Crippen LogP contribution in [0, 0.1) is 0 Å². The highest BCUT2D eigenvalue weighted by molar-refractivity contribution is 7.89. The molecule has 2 rings (SSSR count). The number of sulfonamides is 2. The van der Waals surface area contributed by atoms with Crippen molar-refractivity contribution in [3.63, 3.8) is 0 Å². The van der Waals surface area contributed by atoms with Crippen LogP contribution in [0.4, 0.5) is 0 Å². The van der Waals surface area contributed by atoms with E-state index in [1.807, 2.05) is 0 Å². The SMILES string of the molecule is CS(=O)(=O)N[C@H]1CCN(S(=O)(=O)Cc2cc(Cl)sc2Cl)C1. The lowest BCUT2D eigenvalue weighted by Gasteiger charge is -2.16. The molecule has 2 heterocycles. The summed E-state index contributed by atoms with van der Waals surface area (Å²) in [5.41, 5.74) is 0.464. The highest BCUT2D eigenvalue weighted by Gasteiger charge is 2.33. The van der Waals surface area contributed by atoms with Gasteiger partial charge in [0.2, 0.25) is 20.0 Å². The van der Waals surface area contributed by atoms with Crippen molar-refractivity contribution in [1.82, 2.24) is 9.03 Å². The molecule has 21 heavy (non-hydrogen) atoms. The molecule has 11 heteroatoms. The molecule has 1 aromatic heterocycles. The molecule has 0 spiro atoms. The molecule has 1 aromatic rings. The van der Waals surface area contributed by atoms with E-state index in [1.165, 1.54) is 10.4 Å². The third-order valence-electron chi connectivity index (χ3n) is 2.99. The Morgan fingerprint density at radius 3 is 2.57 bits per heavy atom. The van der Waals surface area contributed by atoms with Crippen LogP contribution in [0.25, 0.3) is 0 Å². The van der Waals surface area contributed by atoms with Gasteiger partial charge in [-0.05, 0) is 18.1 Å². The molecule has 1 aliphatic rings. The van der Waals surface area contributed by atoms with Gasteiger partial charge in [-0.2, -0.15) is 4.31 Å². The zero-order chi connectivity index (χ0) is 15.8. The molecule has 1 N–H and O–H groups in total. The van der Waals surface area contributed by atoms with Crippen molar-refractivity contribution in [2.45, 2.75) is 18.2 Å². The predicted molar refractivity (Wildman–Crippen MR) is 84.9 cm³/mol. The van der Waals surface area contributed by atoms with Gasteiger partial charge in [-0.25, -0.2) is 21.6 Å². The number of nitrogens with one attached hydrogen (secondary N) is 1. The van der Waals surface area contributed by atoms with Crippen molar-refractivity contribution in [2.24, 2.45) is 0 Å². The molecule has 6 nitrogen and oxygen atoms in total. The van der Waals surface area contributed by atoms with Gasteiger partial charge in [-0.1, -0.05) is 23.2 Å². The first-order valence-corrected chi connectivity index (χ1v) is 11.0. The predicted octanol–water partition coefficient (Wildman–Crippen LogP) is 1.51. The molecule has 0 aromatic carbocycles. The van der Waals surface area contributed by atoms with Gasteiger partial charge in [0.1, 0.15) is 0 Å². The monoisotopic (exact) mass is 392 g/mol. The Kier molecular flexibility index (Phi) is 5.24. The maximum atomic E-state index is 12.3. The maximum Gasteiger partial charge on any atom is 0.218 e. The van der Waals surface area contributed by atoms with Crippen LogP contribution < -0.4 is 4.72 Å². The summed E-state index contributed by atoms with van der Waals surface area (Å²) in [6.07, 6.45) is 1.50. The molecule has 0 amide bonds. The molecule has 0 saturated carbocycles. The third-order valence-corrected chi connectivity index (χ3v) is 7.12. The molecule has 0 unspecified atom stereocenters. The van der Waals surface area contributed by atoms with Crippen LogP contribution in [0.15, 0.2) is 6.07 Å². The summed E-state index contributed by atoms with van der Waals surface area (Å²) < 4.78 is 51.5. The minimum atomic E-state index is -3.55.